The summed E-state index contributed by atoms with van der Waals surface area (Å²) in [6.45, 7) is 7.54. The zero-order valence-corrected chi connectivity index (χ0v) is 14.9. The molecule has 1 aromatic carbocycles. The van der Waals surface area contributed by atoms with E-state index in [1.807, 2.05) is 18.2 Å². The molecule has 0 unspecified atom stereocenters. The van der Waals surface area contributed by atoms with Crippen molar-refractivity contribution in [3.05, 3.63) is 35.0 Å². The molecule has 1 aromatic heterocycles. The van der Waals surface area contributed by atoms with Crippen LogP contribution in [0.3, 0.4) is 0 Å². The number of aryl methyl sites for hydroxylation is 2. The molecule has 2 aromatic rings. The first-order valence-corrected chi connectivity index (χ1v) is 9.05. The molecule has 0 saturated heterocycles. The van der Waals surface area contributed by atoms with Gasteiger partial charge in [0.2, 0.25) is 0 Å². The molecule has 1 aliphatic carbocycles. The number of aromatic amines is 1. The van der Waals surface area contributed by atoms with Crippen LogP contribution < -0.4 is 5.32 Å². The standard InChI is InChI=1S/C20H28N2O2/c1-13-6-4-5-7-19(13)24-11-10-21-20(23)16-8-9-18-17(12-16)14(2)15(3)22-18/h8-9,12-13,19,22H,4-7,10-11H2,1-3H3,(H,21,23)/t13-,19+/m0/s1. The first-order chi connectivity index (χ1) is 11.6. The minimum Gasteiger partial charge on any atom is -0.376 e. The van der Waals surface area contributed by atoms with Crippen LogP contribution in [0.4, 0.5) is 0 Å². The van der Waals surface area contributed by atoms with Gasteiger partial charge < -0.3 is 15.0 Å². The number of ether oxygens (including phenoxy) is 1. The van der Waals surface area contributed by atoms with Crippen molar-refractivity contribution in [2.24, 2.45) is 5.92 Å². The third-order valence-corrected chi connectivity index (χ3v) is 5.32. The Morgan fingerprint density at radius 2 is 2.08 bits per heavy atom. The minimum atomic E-state index is -0.0320. The van der Waals surface area contributed by atoms with Crippen LogP contribution >= 0.6 is 0 Å². The minimum absolute atomic E-state index is 0.0320. The summed E-state index contributed by atoms with van der Waals surface area (Å²) in [7, 11) is 0. The summed E-state index contributed by atoms with van der Waals surface area (Å²) in [5, 5.41) is 4.09. The van der Waals surface area contributed by atoms with E-state index in [-0.39, 0.29) is 5.91 Å². The first kappa shape index (κ1) is 17.0. The van der Waals surface area contributed by atoms with Crippen LogP contribution in [0.25, 0.3) is 10.9 Å². The molecule has 1 aliphatic rings. The predicted molar refractivity (Wildman–Crippen MR) is 97.5 cm³/mol. The molecule has 4 nitrogen and oxygen atoms in total. The van der Waals surface area contributed by atoms with E-state index in [0.29, 0.717) is 30.7 Å². The van der Waals surface area contributed by atoms with Crippen molar-refractivity contribution in [3.63, 3.8) is 0 Å². The Morgan fingerprint density at radius 1 is 1.29 bits per heavy atom. The molecule has 0 bridgehead atoms. The Hall–Kier alpha value is -1.81. The molecule has 1 fully saturated rings. The lowest BCUT2D eigenvalue weighted by atomic mass is 9.88. The molecule has 0 spiro atoms. The zero-order chi connectivity index (χ0) is 17.1. The Labute approximate surface area is 144 Å². The number of amides is 1. The zero-order valence-electron chi connectivity index (χ0n) is 14.9. The maximum atomic E-state index is 12.3. The lowest BCUT2D eigenvalue weighted by Gasteiger charge is -2.28. The fourth-order valence-corrected chi connectivity index (χ4v) is 3.61. The van der Waals surface area contributed by atoms with Gasteiger partial charge in [-0.25, -0.2) is 0 Å². The van der Waals surface area contributed by atoms with E-state index in [0.717, 1.165) is 23.0 Å². The quantitative estimate of drug-likeness (QED) is 0.812. The van der Waals surface area contributed by atoms with E-state index < -0.39 is 0 Å². The van der Waals surface area contributed by atoms with Crippen molar-refractivity contribution in [3.8, 4) is 0 Å². The number of benzene rings is 1. The fraction of sp³-hybridized carbons (Fsp3) is 0.550. The van der Waals surface area contributed by atoms with Gasteiger partial charge in [0.25, 0.3) is 5.91 Å². The summed E-state index contributed by atoms with van der Waals surface area (Å²) in [5.74, 6) is 0.604. The average Bonchev–Trinajstić information content (AvgIpc) is 2.87. The van der Waals surface area contributed by atoms with Gasteiger partial charge in [0, 0.05) is 28.7 Å². The molecule has 4 heteroatoms. The normalized spacial score (nSPS) is 21.1. The van der Waals surface area contributed by atoms with Crippen LogP contribution in [-0.2, 0) is 4.74 Å². The van der Waals surface area contributed by atoms with Gasteiger partial charge in [-0.3, -0.25) is 4.79 Å². The number of hydrogen-bond donors (Lipinski definition) is 2. The number of carbonyl (C=O) groups excluding carboxylic acids is 1. The molecule has 0 aliphatic heterocycles. The Kier molecular flexibility index (Phi) is 5.24. The number of nitrogens with one attached hydrogen (secondary N) is 2. The van der Waals surface area contributed by atoms with Gasteiger partial charge in [-0.05, 0) is 56.4 Å². The summed E-state index contributed by atoms with van der Waals surface area (Å²) in [5.41, 5.74) is 4.14. The van der Waals surface area contributed by atoms with E-state index in [9.17, 15) is 4.79 Å². The van der Waals surface area contributed by atoms with E-state index >= 15 is 0 Å². The summed E-state index contributed by atoms with van der Waals surface area (Å²) >= 11 is 0. The second-order valence-electron chi connectivity index (χ2n) is 7.06. The number of fused-ring (bicyclic) bond motifs is 1. The van der Waals surface area contributed by atoms with E-state index in [4.69, 9.17) is 4.74 Å². The van der Waals surface area contributed by atoms with Gasteiger partial charge in [0.15, 0.2) is 0 Å². The molecular formula is C20H28N2O2. The summed E-state index contributed by atoms with van der Waals surface area (Å²) in [6.07, 6.45) is 5.34. The van der Waals surface area contributed by atoms with Gasteiger partial charge in [-0.2, -0.15) is 0 Å². The van der Waals surface area contributed by atoms with Crippen molar-refractivity contribution >= 4 is 16.8 Å². The highest BCUT2D eigenvalue weighted by molar-refractivity contribution is 5.99. The fourth-order valence-electron chi connectivity index (χ4n) is 3.61. The van der Waals surface area contributed by atoms with Crippen LogP contribution in [0, 0.1) is 19.8 Å². The molecule has 2 N–H and O–H groups in total. The Balaban J connectivity index is 1.52. The second-order valence-corrected chi connectivity index (χ2v) is 7.06. The second kappa shape index (κ2) is 7.39. The first-order valence-electron chi connectivity index (χ1n) is 9.05. The van der Waals surface area contributed by atoms with Crippen molar-refractivity contribution in [1.29, 1.82) is 0 Å². The van der Waals surface area contributed by atoms with Crippen LogP contribution in [0.15, 0.2) is 18.2 Å². The molecular weight excluding hydrogens is 300 g/mol. The van der Waals surface area contributed by atoms with Crippen LogP contribution in [0.1, 0.15) is 54.2 Å². The number of hydrogen-bond acceptors (Lipinski definition) is 2. The predicted octanol–water partition coefficient (Wildman–Crippen LogP) is 4.11. The third kappa shape index (κ3) is 3.64. The highest BCUT2D eigenvalue weighted by Gasteiger charge is 2.21. The monoisotopic (exact) mass is 328 g/mol. The van der Waals surface area contributed by atoms with Crippen molar-refractivity contribution in [2.45, 2.75) is 52.6 Å². The molecule has 0 radical (unpaired) electrons. The largest absolute Gasteiger partial charge is 0.376 e. The lowest BCUT2D eigenvalue weighted by molar-refractivity contribution is -0.00293. The highest BCUT2D eigenvalue weighted by Crippen LogP contribution is 2.26. The summed E-state index contributed by atoms with van der Waals surface area (Å²) < 4.78 is 5.95. The Morgan fingerprint density at radius 3 is 2.88 bits per heavy atom. The molecule has 130 valence electrons. The van der Waals surface area contributed by atoms with Crippen molar-refractivity contribution < 1.29 is 9.53 Å². The summed E-state index contributed by atoms with van der Waals surface area (Å²) in [6, 6.07) is 5.81. The van der Waals surface area contributed by atoms with Gasteiger partial charge in [0.05, 0.1) is 12.7 Å². The smallest absolute Gasteiger partial charge is 0.251 e. The number of carbonyl (C=O) groups is 1. The SMILES string of the molecule is Cc1[nH]c2ccc(C(=O)NCCO[C@@H]3CCCC[C@@H]3C)cc2c1C. The third-order valence-electron chi connectivity index (χ3n) is 5.32. The number of aromatic nitrogens is 1. The van der Waals surface area contributed by atoms with Gasteiger partial charge >= 0.3 is 0 Å². The van der Waals surface area contributed by atoms with Crippen molar-refractivity contribution in [2.75, 3.05) is 13.2 Å². The number of H-pyrrole nitrogens is 1. The summed E-state index contributed by atoms with van der Waals surface area (Å²) in [4.78, 5) is 15.7. The number of rotatable bonds is 5. The van der Waals surface area contributed by atoms with E-state index in [1.54, 1.807) is 0 Å². The maximum Gasteiger partial charge on any atom is 0.251 e. The molecule has 24 heavy (non-hydrogen) atoms. The van der Waals surface area contributed by atoms with Crippen LogP contribution in [-0.4, -0.2) is 30.1 Å². The van der Waals surface area contributed by atoms with E-state index in [2.05, 4.69) is 31.1 Å². The maximum absolute atomic E-state index is 12.3. The molecule has 3 rings (SSSR count). The van der Waals surface area contributed by atoms with Crippen LogP contribution in [0.2, 0.25) is 0 Å². The highest BCUT2D eigenvalue weighted by atomic mass is 16.5. The molecule has 1 amide bonds. The molecule has 1 saturated carbocycles. The van der Waals surface area contributed by atoms with E-state index in [1.165, 1.54) is 24.8 Å². The lowest BCUT2D eigenvalue weighted by Crippen LogP contribution is -2.31. The topological polar surface area (TPSA) is 54.1 Å². The molecule has 1 heterocycles. The Bertz CT molecular complexity index is 720. The van der Waals surface area contributed by atoms with Gasteiger partial charge in [-0.1, -0.05) is 19.8 Å². The van der Waals surface area contributed by atoms with Crippen LogP contribution in [0.5, 0.6) is 0 Å². The van der Waals surface area contributed by atoms with Gasteiger partial charge in [0.1, 0.15) is 0 Å². The molecule has 2 atom stereocenters. The average molecular weight is 328 g/mol. The van der Waals surface area contributed by atoms with Crippen molar-refractivity contribution in [1.82, 2.24) is 10.3 Å². The van der Waals surface area contributed by atoms with Gasteiger partial charge in [-0.15, -0.1) is 0 Å².